The van der Waals surface area contributed by atoms with Crippen molar-refractivity contribution in [2.75, 3.05) is 18.0 Å². The van der Waals surface area contributed by atoms with Gasteiger partial charge in [-0.1, -0.05) is 23.4 Å². The highest BCUT2D eigenvalue weighted by Gasteiger charge is 2.32. The van der Waals surface area contributed by atoms with Gasteiger partial charge in [0.25, 0.3) is 15.6 Å². The number of anilines is 1. The number of benzene rings is 2. The minimum atomic E-state index is -3.94. The molecule has 4 aromatic rings. The molecule has 0 amide bonds. The van der Waals surface area contributed by atoms with Crippen LogP contribution in [0.2, 0.25) is 0 Å². The average Bonchev–Trinajstić information content (AvgIpc) is 3.21. The van der Waals surface area contributed by atoms with Gasteiger partial charge in [-0.25, -0.2) is 8.42 Å². The van der Waals surface area contributed by atoms with Crippen LogP contribution in [0.1, 0.15) is 23.4 Å². The van der Waals surface area contributed by atoms with Gasteiger partial charge in [-0.15, -0.1) is 0 Å². The number of ether oxygens (including phenoxy) is 1. The zero-order valence-corrected chi connectivity index (χ0v) is 20.4. The molecular formula is C25H24N4O5S. The van der Waals surface area contributed by atoms with Gasteiger partial charge in [-0.05, 0) is 62.6 Å². The van der Waals surface area contributed by atoms with E-state index in [4.69, 9.17) is 9.26 Å². The molecule has 2 aromatic heterocycles. The third-order valence-corrected chi connectivity index (χ3v) is 7.94. The van der Waals surface area contributed by atoms with Gasteiger partial charge in [-0.2, -0.15) is 9.78 Å². The molecule has 0 saturated carbocycles. The van der Waals surface area contributed by atoms with E-state index in [0.29, 0.717) is 40.6 Å². The molecule has 0 unspecified atom stereocenters. The summed E-state index contributed by atoms with van der Waals surface area (Å²) in [5, 5.41) is 8.39. The maximum absolute atomic E-state index is 13.9. The van der Waals surface area contributed by atoms with Crippen molar-refractivity contribution in [2.24, 2.45) is 0 Å². The first-order chi connectivity index (χ1) is 16.8. The van der Waals surface area contributed by atoms with E-state index < -0.39 is 10.0 Å². The van der Waals surface area contributed by atoms with Crippen molar-refractivity contribution in [3.8, 4) is 22.7 Å². The summed E-state index contributed by atoms with van der Waals surface area (Å²) in [6, 6.07) is 15.3. The molecule has 0 radical (unpaired) electrons. The fraction of sp³-hybridized carbons (Fsp3) is 0.240. The second-order valence-electron chi connectivity index (χ2n) is 8.32. The van der Waals surface area contributed by atoms with Crippen LogP contribution in [0.5, 0.6) is 5.75 Å². The fourth-order valence-electron chi connectivity index (χ4n) is 4.41. The Morgan fingerprint density at radius 1 is 1.06 bits per heavy atom. The summed E-state index contributed by atoms with van der Waals surface area (Å²) in [6.07, 6.45) is 1.55. The number of para-hydroxylation sites is 1. The highest BCUT2D eigenvalue weighted by Crippen LogP contribution is 2.36. The summed E-state index contributed by atoms with van der Waals surface area (Å²) in [5.41, 5.74) is 3.24. The smallest absolute Gasteiger partial charge is 0.271 e. The Morgan fingerprint density at radius 2 is 1.86 bits per heavy atom. The van der Waals surface area contributed by atoms with Gasteiger partial charge in [0.1, 0.15) is 22.0 Å². The van der Waals surface area contributed by atoms with Crippen molar-refractivity contribution in [3.63, 3.8) is 0 Å². The van der Waals surface area contributed by atoms with E-state index in [1.807, 2.05) is 24.3 Å². The Morgan fingerprint density at radius 3 is 2.60 bits per heavy atom. The van der Waals surface area contributed by atoms with E-state index in [0.717, 1.165) is 18.4 Å². The van der Waals surface area contributed by atoms with Gasteiger partial charge in [0.05, 0.1) is 18.5 Å². The van der Waals surface area contributed by atoms with Gasteiger partial charge < -0.3 is 9.26 Å². The van der Waals surface area contributed by atoms with Crippen molar-refractivity contribution in [1.82, 2.24) is 14.9 Å². The number of nitrogens with zero attached hydrogens (tertiary/aromatic N) is 4. The third kappa shape index (κ3) is 3.89. The summed E-state index contributed by atoms with van der Waals surface area (Å²) < 4.78 is 41.0. The summed E-state index contributed by atoms with van der Waals surface area (Å²) in [6.45, 7) is 3.80. The number of fused-ring (bicyclic) bond motifs is 1. The number of aromatic nitrogens is 3. The molecule has 180 valence electrons. The van der Waals surface area contributed by atoms with E-state index >= 15 is 0 Å². The Labute approximate surface area is 202 Å². The molecule has 0 saturated heterocycles. The zero-order valence-electron chi connectivity index (χ0n) is 19.6. The van der Waals surface area contributed by atoms with Crippen LogP contribution in [0.25, 0.3) is 16.9 Å². The number of aryl methyl sites for hydroxylation is 3. The van der Waals surface area contributed by atoms with E-state index in [-0.39, 0.29) is 16.2 Å². The van der Waals surface area contributed by atoms with Gasteiger partial charge in [0, 0.05) is 18.2 Å². The number of sulfonamides is 1. The van der Waals surface area contributed by atoms with Crippen molar-refractivity contribution in [2.45, 2.75) is 31.6 Å². The van der Waals surface area contributed by atoms with E-state index in [1.165, 1.54) is 28.2 Å². The third-order valence-electron chi connectivity index (χ3n) is 6.10. The van der Waals surface area contributed by atoms with Crippen molar-refractivity contribution < 1.29 is 17.7 Å². The Kier molecular flexibility index (Phi) is 5.68. The molecule has 3 heterocycles. The van der Waals surface area contributed by atoms with Crippen molar-refractivity contribution in [1.29, 1.82) is 0 Å². The molecule has 1 aliphatic heterocycles. The predicted octanol–water partition coefficient (Wildman–Crippen LogP) is 3.65. The largest absolute Gasteiger partial charge is 0.495 e. The SMILES string of the molecule is COc1ccc(-c2ccc(=O)n(-c3c(C)noc3C)n2)cc1S(=O)(=O)N1CCCc2ccccc21. The Bertz CT molecular complexity index is 1570. The fourth-order valence-corrected chi connectivity index (χ4v) is 6.14. The van der Waals surface area contributed by atoms with Crippen LogP contribution in [0.3, 0.4) is 0 Å². The summed E-state index contributed by atoms with van der Waals surface area (Å²) in [4.78, 5) is 12.6. The molecule has 0 aliphatic carbocycles. The number of methoxy groups -OCH3 is 1. The monoisotopic (exact) mass is 492 g/mol. The van der Waals surface area contributed by atoms with Crippen molar-refractivity contribution in [3.05, 3.63) is 82.0 Å². The van der Waals surface area contributed by atoms with Crippen LogP contribution < -0.4 is 14.6 Å². The molecule has 9 nitrogen and oxygen atoms in total. The molecule has 1 aliphatic rings. The summed E-state index contributed by atoms with van der Waals surface area (Å²) in [5.74, 6) is 0.687. The number of hydrogen-bond acceptors (Lipinski definition) is 7. The standard InChI is InChI=1S/C25H24N4O5S/c1-16-25(17(2)34-27-16)29-24(30)13-11-20(26-29)19-10-12-22(33-3)23(15-19)35(31,32)28-14-6-8-18-7-4-5-9-21(18)28/h4-5,7,9-13,15H,6,8,14H2,1-3H3. The van der Waals surface area contributed by atoms with Crippen molar-refractivity contribution >= 4 is 15.7 Å². The van der Waals surface area contributed by atoms with Crippen LogP contribution in [0.15, 0.2) is 68.8 Å². The molecule has 35 heavy (non-hydrogen) atoms. The minimum Gasteiger partial charge on any atom is -0.495 e. The lowest BCUT2D eigenvalue weighted by Gasteiger charge is -2.31. The molecule has 0 N–H and O–H groups in total. The van der Waals surface area contributed by atoms with E-state index in [9.17, 15) is 13.2 Å². The first kappa shape index (κ1) is 22.9. The summed E-state index contributed by atoms with van der Waals surface area (Å²) in [7, 11) is -2.50. The Balaban J connectivity index is 1.64. The van der Waals surface area contributed by atoms with Gasteiger partial charge in [-0.3, -0.25) is 9.10 Å². The zero-order chi connectivity index (χ0) is 24.7. The first-order valence-electron chi connectivity index (χ1n) is 11.1. The van der Waals surface area contributed by atoms with Crippen LogP contribution >= 0.6 is 0 Å². The molecule has 0 fully saturated rings. The molecular weight excluding hydrogens is 468 g/mol. The second kappa shape index (κ2) is 8.70. The maximum atomic E-state index is 13.9. The minimum absolute atomic E-state index is 0.0334. The predicted molar refractivity (Wildman–Crippen MR) is 131 cm³/mol. The number of rotatable bonds is 5. The first-order valence-corrected chi connectivity index (χ1v) is 12.6. The van der Waals surface area contributed by atoms with Gasteiger partial charge >= 0.3 is 0 Å². The topological polar surface area (TPSA) is 108 Å². The molecule has 0 bridgehead atoms. The van der Waals surface area contributed by atoms with E-state index in [2.05, 4.69) is 10.3 Å². The average molecular weight is 493 g/mol. The lowest BCUT2D eigenvalue weighted by atomic mass is 10.0. The van der Waals surface area contributed by atoms with Crippen LogP contribution in [0.4, 0.5) is 5.69 Å². The van der Waals surface area contributed by atoms with Crippen LogP contribution in [-0.2, 0) is 16.4 Å². The molecule has 2 aromatic carbocycles. The van der Waals surface area contributed by atoms with E-state index in [1.54, 1.807) is 32.0 Å². The molecule has 0 atom stereocenters. The highest BCUT2D eigenvalue weighted by molar-refractivity contribution is 7.93. The van der Waals surface area contributed by atoms with Crippen LogP contribution in [0, 0.1) is 13.8 Å². The highest BCUT2D eigenvalue weighted by atomic mass is 32.2. The molecule has 0 spiro atoms. The lowest BCUT2D eigenvalue weighted by molar-refractivity contribution is 0.392. The van der Waals surface area contributed by atoms with Gasteiger partial charge in [0.2, 0.25) is 0 Å². The summed E-state index contributed by atoms with van der Waals surface area (Å²) >= 11 is 0. The second-order valence-corrected chi connectivity index (χ2v) is 10.1. The lowest BCUT2D eigenvalue weighted by Crippen LogP contribution is -2.35. The normalized spacial score (nSPS) is 13.5. The molecule has 10 heteroatoms. The maximum Gasteiger partial charge on any atom is 0.271 e. The quantitative estimate of drug-likeness (QED) is 0.418. The number of hydrogen-bond donors (Lipinski definition) is 0. The van der Waals surface area contributed by atoms with Crippen LogP contribution in [-0.4, -0.2) is 37.0 Å². The Hall–Kier alpha value is -3.92. The molecule has 5 rings (SSSR count). The van der Waals surface area contributed by atoms with Gasteiger partial charge in [0.15, 0.2) is 5.76 Å².